The van der Waals surface area contributed by atoms with E-state index in [2.05, 4.69) is 30.5 Å². The van der Waals surface area contributed by atoms with Crippen molar-refractivity contribution in [2.45, 2.75) is 0 Å². The highest BCUT2D eigenvalue weighted by Gasteiger charge is 2.13. The number of H-pyrrole nitrogens is 1. The molecule has 6 nitrogen and oxygen atoms in total. The molecule has 4 aromatic heterocycles. The Morgan fingerprint density at radius 2 is 1.86 bits per heavy atom. The van der Waals surface area contributed by atoms with Crippen LogP contribution in [0.5, 0.6) is 0 Å². The average Bonchev–Trinajstić information content (AvgIpc) is 3.12. The van der Waals surface area contributed by atoms with Crippen LogP contribution in [0, 0.1) is 11.6 Å². The molecule has 0 atom stereocenters. The first-order valence-electron chi connectivity index (χ1n) is 8.44. The van der Waals surface area contributed by atoms with E-state index in [1.54, 1.807) is 24.4 Å². The van der Waals surface area contributed by atoms with Gasteiger partial charge in [0.25, 0.3) is 0 Å². The summed E-state index contributed by atoms with van der Waals surface area (Å²) in [6.45, 7) is 0. The highest BCUT2D eigenvalue weighted by molar-refractivity contribution is 5.97. The first-order valence-corrected chi connectivity index (χ1v) is 8.44. The maximum Gasteiger partial charge on any atom is 0.178 e. The number of nitrogens with zero attached hydrogens (tertiary/aromatic N) is 4. The van der Waals surface area contributed by atoms with E-state index in [4.69, 9.17) is 0 Å². The van der Waals surface area contributed by atoms with Gasteiger partial charge in [-0.15, -0.1) is 0 Å². The van der Waals surface area contributed by atoms with Gasteiger partial charge < -0.3 is 5.32 Å². The van der Waals surface area contributed by atoms with Crippen LogP contribution in [0.2, 0.25) is 0 Å². The molecule has 0 saturated carbocycles. The fourth-order valence-electron chi connectivity index (χ4n) is 3.13. The normalized spacial score (nSPS) is 11.2. The second-order valence-electron chi connectivity index (χ2n) is 6.20. The number of halogens is 2. The number of anilines is 2. The SMILES string of the molecule is Fc1cncc(-c2ncc(F)c3cc(Nc4n[nH]c5cccnc45)ccc23)c1. The predicted molar refractivity (Wildman–Crippen MR) is 102 cm³/mol. The fraction of sp³-hybridized carbons (Fsp3) is 0. The van der Waals surface area contributed by atoms with E-state index < -0.39 is 11.6 Å². The fourth-order valence-corrected chi connectivity index (χ4v) is 3.13. The van der Waals surface area contributed by atoms with Crippen LogP contribution in [-0.2, 0) is 0 Å². The molecule has 2 N–H and O–H groups in total. The van der Waals surface area contributed by atoms with Crippen LogP contribution in [0.3, 0.4) is 0 Å². The van der Waals surface area contributed by atoms with E-state index in [0.29, 0.717) is 39.1 Å². The number of aromatic amines is 1. The van der Waals surface area contributed by atoms with Crippen molar-refractivity contribution in [1.29, 1.82) is 0 Å². The maximum atomic E-state index is 14.5. The number of nitrogens with one attached hydrogen (secondary N) is 2. The van der Waals surface area contributed by atoms with Crippen molar-refractivity contribution in [3.05, 3.63) is 72.8 Å². The maximum absolute atomic E-state index is 14.5. The average molecular weight is 374 g/mol. The Kier molecular flexibility index (Phi) is 3.68. The molecule has 5 aromatic rings. The van der Waals surface area contributed by atoms with Gasteiger partial charge in [0, 0.05) is 34.4 Å². The number of fused-ring (bicyclic) bond motifs is 2. The monoisotopic (exact) mass is 374 g/mol. The summed E-state index contributed by atoms with van der Waals surface area (Å²) < 4.78 is 28.0. The third-order valence-corrected chi connectivity index (χ3v) is 4.40. The molecule has 136 valence electrons. The highest BCUT2D eigenvalue weighted by Crippen LogP contribution is 2.31. The van der Waals surface area contributed by atoms with Crippen LogP contribution in [0.1, 0.15) is 0 Å². The van der Waals surface area contributed by atoms with Gasteiger partial charge in [0.2, 0.25) is 0 Å². The quantitative estimate of drug-likeness (QED) is 0.483. The second kappa shape index (κ2) is 6.34. The Bertz CT molecular complexity index is 1330. The number of pyridine rings is 3. The minimum absolute atomic E-state index is 0.354. The van der Waals surface area contributed by atoms with Gasteiger partial charge in [-0.25, -0.2) is 8.78 Å². The van der Waals surface area contributed by atoms with Gasteiger partial charge in [0.15, 0.2) is 5.82 Å². The third-order valence-electron chi connectivity index (χ3n) is 4.40. The molecule has 0 radical (unpaired) electrons. The lowest BCUT2D eigenvalue weighted by Gasteiger charge is -2.09. The molecule has 4 heterocycles. The Morgan fingerprint density at radius 3 is 2.75 bits per heavy atom. The second-order valence-corrected chi connectivity index (χ2v) is 6.20. The third kappa shape index (κ3) is 2.71. The van der Waals surface area contributed by atoms with Crippen molar-refractivity contribution < 1.29 is 8.78 Å². The molecule has 0 bridgehead atoms. The first kappa shape index (κ1) is 16.2. The lowest BCUT2D eigenvalue weighted by atomic mass is 10.0. The Hall–Kier alpha value is -3.94. The molecular weight excluding hydrogens is 362 g/mol. The number of benzene rings is 1. The minimum atomic E-state index is -0.479. The first-order chi connectivity index (χ1) is 13.7. The summed E-state index contributed by atoms with van der Waals surface area (Å²) in [4.78, 5) is 12.3. The van der Waals surface area contributed by atoms with Gasteiger partial charge in [0.05, 0.1) is 23.6 Å². The van der Waals surface area contributed by atoms with Crippen LogP contribution in [-0.4, -0.2) is 25.1 Å². The van der Waals surface area contributed by atoms with Gasteiger partial charge in [0.1, 0.15) is 17.2 Å². The van der Waals surface area contributed by atoms with Gasteiger partial charge in [-0.2, -0.15) is 5.10 Å². The van der Waals surface area contributed by atoms with Crippen LogP contribution in [0.25, 0.3) is 33.1 Å². The minimum Gasteiger partial charge on any atom is -0.337 e. The van der Waals surface area contributed by atoms with E-state index in [0.717, 1.165) is 17.9 Å². The van der Waals surface area contributed by atoms with Crippen molar-refractivity contribution in [2.75, 3.05) is 5.32 Å². The van der Waals surface area contributed by atoms with Crippen molar-refractivity contribution in [1.82, 2.24) is 25.1 Å². The molecule has 28 heavy (non-hydrogen) atoms. The topological polar surface area (TPSA) is 79.4 Å². The van der Waals surface area contributed by atoms with Crippen molar-refractivity contribution in [2.24, 2.45) is 0 Å². The zero-order valence-corrected chi connectivity index (χ0v) is 14.3. The summed E-state index contributed by atoms with van der Waals surface area (Å²) >= 11 is 0. The molecular formula is C20H12F2N6. The van der Waals surface area contributed by atoms with Crippen LogP contribution in [0.4, 0.5) is 20.3 Å². The van der Waals surface area contributed by atoms with Crippen molar-refractivity contribution in [3.63, 3.8) is 0 Å². The summed E-state index contributed by atoms with van der Waals surface area (Å²) in [5.41, 5.74) is 3.06. The van der Waals surface area contributed by atoms with E-state index in [1.807, 2.05) is 12.1 Å². The van der Waals surface area contributed by atoms with Gasteiger partial charge in [-0.05, 0) is 30.3 Å². The molecule has 0 aliphatic carbocycles. The molecule has 0 aliphatic heterocycles. The Balaban J connectivity index is 1.60. The molecule has 0 fully saturated rings. The summed E-state index contributed by atoms with van der Waals surface area (Å²) in [6.07, 6.45) is 5.40. The van der Waals surface area contributed by atoms with Crippen molar-refractivity contribution in [3.8, 4) is 11.3 Å². The molecule has 8 heteroatoms. The van der Waals surface area contributed by atoms with E-state index >= 15 is 0 Å². The number of rotatable bonds is 3. The predicted octanol–water partition coefficient (Wildman–Crippen LogP) is 4.59. The molecule has 0 saturated heterocycles. The zero-order valence-electron chi connectivity index (χ0n) is 14.3. The highest BCUT2D eigenvalue weighted by atomic mass is 19.1. The molecule has 0 amide bonds. The van der Waals surface area contributed by atoms with Crippen LogP contribution in [0.15, 0.2) is 61.2 Å². The summed E-state index contributed by atoms with van der Waals surface area (Å²) in [5.74, 6) is -0.413. The van der Waals surface area contributed by atoms with Crippen molar-refractivity contribution >= 4 is 33.3 Å². The molecule has 0 aliphatic rings. The van der Waals surface area contributed by atoms with Gasteiger partial charge in [-0.1, -0.05) is 6.07 Å². The molecule has 0 unspecified atom stereocenters. The number of aromatic nitrogens is 5. The Morgan fingerprint density at radius 1 is 0.929 bits per heavy atom. The molecule has 5 rings (SSSR count). The summed E-state index contributed by atoms with van der Waals surface area (Å²) in [7, 11) is 0. The smallest absolute Gasteiger partial charge is 0.178 e. The Labute approximate surface area is 157 Å². The van der Waals surface area contributed by atoms with Crippen LogP contribution < -0.4 is 5.32 Å². The van der Waals surface area contributed by atoms with Gasteiger partial charge in [-0.3, -0.25) is 20.1 Å². The van der Waals surface area contributed by atoms with Gasteiger partial charge >= 0.3 is 0 Å². The molecule has 1 aromatic carbocycles. The van der Waals surface area contributed by atoms with E-state index in [-0.39, 0.29) is 0 Å². The lowest BCUT2D eigenvalue weighted by Crippen LogP contribution is -1.95. The van der Waals surface area contributed by atoms with E-state index in [1.165, 1.54) is 12.3 Å². The molecule has 0 spiro atoms. The standard InChI is InChI=1S/C20H12F2N6/c21-12-6-11(8-23-9-12)18-14-4-3-13(7-15(14)16(22)10-25-18)26-20-19-17(27-28-20)2-1-5-24-19/h1-10H,(H2,26,27,28). The zero-order chi connectivity index (χ0) is 19.1. The largest absolute Gasteiger partial charge is 0.337 e. The number of hydrogen-bond acceptors (Lipinski definition) is 5. The summed E-state index contributed by atoms with van der Waals surface area (Å²) in [5, 5.41) is 11.2. The van der Waals surface area contributed by atoms with E-state index in [9.17, 15) is 8.78 Å². The summed E-state index contributed by atoms with van der Waals surface area (Å²) in [6, 6.07) is 10.2. The lowest BCUT2D eigenvalue weighted by molar-refractivity contribution is 0.622. The van der Waals surface area contributed by atoms with Crippen LogP contribution >= 0.6 is 0 Å². The number of hydrogen-bond donors (Lipinski definition) is 2.